The molecule has 0 fully saturated rings. The molecule has 3 aromatic carbocycles. The average Bonchev–Trinajstić information content (AvgIpc) is 3.34. The van der Waals surface area contributed by atoms with E-state index in [-0.39, 0.29) is 5.92 Å². The minimum Gasteiger partial charge on any atom is -0.269 e. The second-order valence-corrected chi connectivity index (χ2v) is 16.0. The van der Waals surface area contributed by atoms with E-state index >= 15 is 0 Å². The Morgan fingerprint density at radius 2 is 1.21 bits per heavy atom. The van der Waals surface area contributed by atoms with Gasteiger partial charge in [-0.1, -0.05) is 78.6 Å². The van der Waals surface area contributed by atoms with Crippen LogP contribution in [0, 0.1) is 5.92 Å². The van der Waals surface area contributed by atoms with Crippen LogP contribution in [0.5, 0.6) is 0 Å². The fourth-order valence-electron chi connectivity index (χ4n) is 7.55. The molecule has 1 aliphatic carbocycles. The zero-order valence-electron chi connectivity index (χ0n) is 36.1. The number of hydrogen-bond donors (Lipinski definition) is 0. The molecule has 3 heterocycles. The summed E-state index contributed by atoms with van der Waals surface area (Å²) in [5.74, 6) is 0.179. The first-order valence-electron chi connectivity index (χ1n) is 21.3. The lowest BCUT2D eigenvalue weighted by atomic mass is 9.81. The highest BCUT2D eigenvalue weighted by molar-refractivity contribution is 14.1. The van der Waals surface area contributed by atoms with Crippen LogP contribution in [-0.4, -0.2) is 38.0 Å². The lowest BCUT2D eigenvalue weighted by Crippen LogP contribution is -2.09. The summed E-state index contributed by atoms with van der Waals surface area (Å²) in [7, 11) is 0. The van der Waals surface area contributed by atoms with Crippen LogP contribution < -0.4 is 0 Å². The largest absolute Gasteiger partial charge is 0.269 e. The maximum absolute atomic E-state index is 4.60. The first-order valence-corrected chi connectivity index (χ1v) is 22.8. The van der Waals surface area contributed by atoms with E-state index < -0.39 is 0 Å². The van der Waals surface area contributed by atoms with Crippen LogP contribution in [0.15, 0.2) is 204 Å². The monoisotopic (exact) mass is 934 g/mol. The normalized spacial score (nSPS) is 14.7. The fraction of sp³-hybridized carbons (Fsp3) is 0.143. The molecule has 7 rings (SSSR count). The van der Waals surface area contributed by atoms with Gasteiger partial charge in [-0.15, -0.1) is 0 Å². The van der Waals surface area contributed by atoms with Crippen molar-refractivity contribution < 1.29 is 0 Å². The fourth-order valence-corrected chi connectivity index (χ4v) is 8.31. The number of benzene rings is 3. The molecule has 0 bridgehead atoms. The maximum Gasteiger partial charge on any atom is 0.0346 e. The van der Waals surface area contributed by atoms with Gasteiger partial charge in [0.1, 0.15) is 0 Å². The van der Waals surface area contributed by atoms with E-state index in [2.05, 4.69) is 157 Å². The molecule has 3 aromatic heterocycles. The Labute approximate surface area is 386 Å². The summed E-state index contributed by atoms with van der Waals surface area (Å²) in [6.07, 6.45) is 33.9. The first kappa shape index (κ1) is 44.3. The minimum atomic E-state index is 0.179. The third-order valence-electron chi connectivity index (χ3n) is 10.8. The Kier molecular flexibility index (Phi) is 15.8. The van der Waals surface area contributed by atoms with Gasteiger partial charge in [0.15, 0.2) is 0 Å². The highest BCUT2D eigenvalue weighted by Crippen LogP contribution is 2.41. The first-order chi connectivity index (χ1) is 31.0. The topological polar surface area (TPSA) is 75.8 Å². The van der Waals surface area contributed by atoms with Crippen LogP contribution in [0.3, 0.4) is 0 Å². The zero-order valence-corrected chi connectivity index (χ0v) is 38.2. The molecular weight excluding hydrogens is 884 g/mol. The summed E-state index contributed by atoms with van der Waals surface area (Å²) in [5.41, 5.74) is 17.4. The van der Waals surface area contributed by atoms with E-state index in [4.69, 9.17) is 0 Å². The van der Waals surface area contributed by atoms with Crippen molar-refractivity contribution in [2.75, 3.05) is 4.43 Å². The lowest BCUT2D eigenvalue weighted by molar-refractivity contribution is 0.772. The summed E-state index contributed by atoms with van der Waals surface area (Å²) < 4.78 is 0.874. The van der Waals surface area contributed by atoms with E-state index in [1.807, 2.05) is 100 Å². The van der Waals surface area contributed by atoms with Gasteiger partial charge in [0.2, 0.25) is 0 Å². The maximum atomic E-state index is 4.60. The second-order valence-electron chi connectivity index (χ2n) is 15.2. The van der Waals surface area contributed by atoms with Crippen molar-refractivity contribution in [1.82, 2.24) is 15.0 Å². The second kappa shape index (κ2) is 22.4. The summed E-state index contributed by atoms with van der Waals surface area (Å²) in [4.78, 5) is 27.1. The highest BCUT2D eigenvalue weighted by atomic mass is 127. The van der Waals surface area contributed by atoms with Gasteiger partial charge in [0.25, 0.3) is 0 Å². The molecule has 0 aliphatic heterocycles. The number of allylic oxidation sites excluding steroid dienone is 8. The van der Waals surface area contributed by atoms with Crippen molar-refractivity contribution in [3.63, 3.8) is 0 Å². The van der Waals surface area contributed by atoms with Gasteiger partial charge in [0.05, 0.1) is 0 Å². The van der Waals surface area contributed by atoms with E-state index in [0.717, 1.165) is 96.0 Å². The molecule has 0 N–H and O–H groups in total. The summed E-state index contributed by atoms with van der Waals surface area (Å²) in [6.45, 7) is 10.5. The highest BCUT2D eigenvalue weighted by Gasteiger charge is 2.22. The quantitative estimate of drug-likeness (QED) is 0.0551. The molecule has 6 aromatic rings. The number of alkyl halides is 1. The molecule has 312 valence electrons. The van der Waals surface area contributed by atoms with Gasteiger partial charge in [0, 0.05) is 108 Å². The number of rotatable bonds is 16. The van der Waals surface area contributed by atoms with Crippen LogP contribution in [-0.2, 0) is 0 Å². The number of halogens is 1. The molecule has 7 heteroatoms. The Morgan fingerprint density at radius 3 is 1.70 bits per heavy atom. The SMILES string of the molecule is C=C(C=N/C=C\C)c1cc(-c2cccnc2)cc(-c2cc(C3=CC(CC=N/C=C\CC)=CC(/C(=C/N=CC)CI)C3)cc(-c3cc(-c4cccnc4)cc(-c4cccnc4)c3)c2)c1. The van der Waals surface area contributed by atoms with Gasteiger partial charge in [-0.2, -0.15) is 0 Å². The molecule has 1 unspecified atom stereocenters. The van der Waals surface area contributed by atoms with Crippen molar-refractivity contribution in [2.24, 2.45) is 20.9 Å². The van der Waals surface area contributed by atoms with E-state index in [9.17, 15) is 0 Å². The molecule has 63 heavy (non-hydrogen) atoms. The summed E-state index contributed by atoms with van der Waals surface area (Å²) in [6, 6.07) is 32.7. The number of pyridine rings is 3. The van der Waals surface area contributed by atoms with E-state index in [1.165, 1.54) is 16.7 Å². The third-order valence-corrected chi connectivity index (χ3v) is 11.6. The molecule has 0 saturated heterocycles. The predicted octanol–water partition coefficient (Wildman–Crippen LogP) is 14.9. The molecular formula is C56H51IN6. The van der Waals surface area contributed by atoms with E-state index in [1.54, 1.807) is 12.4 Å². The number of nitrogens with zero attached hydrogens (tertiary/aromatic N) is 6. The number of hydrogen-bond acceptors (Lipinski definition) is 6. The van der Waals surface area contributed by atoms with Crippen LogP contribution >= 0.6 is 22.6 Å². The molecule has 0 spiro atoms. The Hall–Kier alpha value is -6.71. The zero-order chi connectivity index (χ0) is 43.8. The van der Waals surface area contributed by atoms with Gasteiger partial charge in [-0.3, -0.25) is 29.9 Å². The van der Waals surface area contributed by atoms with Crippen molar-refractivity contribution in [2.45, 2.75) is 40.0 Å². The van der Waals surface area contributed by atoms with Crippen LogP contribution in [0.25, 0.3) is 66.8 Å². The van der Waals surface area contributed by atoms with Crippen molar-refractivity contribution in [3.05, 3.63) is 200 Å². The lowest BCUT2D eigenvalue weighted by Gasteiger charge is -2.24. The van der Waals surface area contributed by atoms with Crippen molar-refractivity contribution in [3.8, 4) is 55.6 Å². The minimum absolute atomic E-state index is 0.179. The standard InChI is InChI=1S/C56H51IN6/c1-5-8-17-59-21-15-41-22-46(26-47(23-41)56(34-57)39-58-7-3)52-31-54(51-25-45(40(4)35-60-16-6-2)24-48(28-51)42-12-9-18-61-36-42)33-55(32-52)53-29-49(43-13-10-19-62-37-43)27-50(30-53)44-14-11-20-63-38-44/h6-14,16-25,27-33,35-39,47H,4-5,15,26,34H2,1-3H3/b16-6-,17-8-,56-39+,58-7?,59-21?,60-35?. The molecule has 0 amide bonds. The Bertz CT molecular complexity index is 2720. The van der Waals surface area contributed by atoms with Gasteiger partial charge < -0.3 is 0 Å². The summed E-state index contributed by atoms with van der Waals surface area (Å²) in [5, 5.41) is 0. The van der Waals surface area contributed by atoms with Crippen LogP contribution in [0.1, 0.15) is 51.2 Å². The molecule has 0 radical (unpaired) electrons. The average molecular weight is 935 g/mol. The Morgan fingerprint density at radius 1 is 0.683 bits per heavy atom. The van der Waals surface area contributed by atoms with Gasteiger partial charge >= 0.3 is 0 Å². The molecule has 6 nitrogen and oxygen atoms in total. The van der Waals surface area contributed by atoms with Gasteiger partial charge in [-0.25, -0.2) is 0 Å². The summed E-state index contributed by atoms with van der Waals surface area (Å²) >= 11 is 2.47. The molecule has 1 aliphatic rings. The van der Waals surface area contributed by atoms with Crippen LogP contribution in [0.2, 0.25) is 0 Å². The van der Waals surface area contributed by atoms with Crippen LogP contribution in [0.4, 0.5) is 0 Å². The Balaban J connectivity index is 1.47. The van der Waals surface area contributed by atoms with E-state index in [0.29, 0.717) is 0 Å². The van der Waals surface area contributed by atoms with Crippen molar-refractivity contribution >= 4 is 52.4 Å². The smallest absolute Gasteiger partial charge is 0.0346 e. The number of aliphatic imine (C=N–C) groups is 3. The molecule has 1 atom stereocenters. The predicted molar refractivity (Wildman–Crippen MR) is 277 cm³/mol. The van der Waals surface area contributed by atoms with Gasteiger partial charge in [-0.05, 0) is 172 Å². The molecule has 0 saturated carbocycles. The third kappa shape index (κ3) is 11.8. The van der Waals surface area contributed by atoms with Crippen molar-refractivity contribution in [1.29, 1.82) is 0 Å². The number of aromatic nitrogens is 3.